The average Bonchev–Trinajstić information content (AvgIpc) is 1.73. The van der Waals surface area contributed by atoms with Crippen molar-refractivity contribution in [2.75, 3.05) is 0 Å². The Hall–Kier alpha value is 0.280. The third-order valence-electron chi connectivity index (χ3n) is 0.684. The summed E-state index contributed by atoms with van der Waals surface area (Å²) in [4.78, 5) is 39.2. The van der Waals surface area contributed by atoms with Crippen LogP contribution in [0, 0.1) is 0 Å². The van der Waals surface area contributed by atoms with Crippen LogP contribution in [0.2, 0.25) is 0 Å². The van der Waals surface area contributed by atoms with Crippen molar-refractivity contribution in [1.29, 1.82) is 0 Å². The van der Waals surface area contributed by atoms with Crippen LogP contribution in [0.5, 0.6) is 0 Å². The molecule has 12 heteroatoms. The molecule has 9 nitrogen and oxygen atoms in total. The topological polar surface area (TPSA) is 139 Å². The SMILES string of the molecule is CC(=O)OP(=O)(OC(C)=O)OP(=O)([O-])O.[Na+]. The quantitative estimate of drug-likeness (QED) is 0.415. The van der Waals surface area contributed by atoms with E-state index in [2.05, 4.69) is 13.4 Å². The molecular formula is C4H7NaO9P2. The minimum atomic E-state index is -5.47. The molecule has 0 bridgehead atoms. The number of phosphoric ester groups is 1. The molecule has 1 atom stereocenters. The Bertz CT molecular complexity index is 339. The summed E-state index contributed by atoms with van der Waals surface area (Å²) in [5, 5.41) is 0. The van der Waals surface area contributed by atoms with Gasteiger partial charge < -0.3 is 18.8 Å². The number of phosphoric acid groups is 2. The fourth-order valence-corrected chi connectivity index (χ4v) is 2.44. The number of carbonyl (C=O) groups is 2. The first kappa shape index (κ1) is 18.6. The van der Waals surface area contributed by atoms with Gasteiger partial charge in [0, 0.05) is 13.8 Å². The zero-order valence-corrected chi connectivity index (χ0v) is 12.4. The molecule has 1 unspecified atom stereocenters. The van der Waals surface area contributed by atoms with Gasteiger partial charge in [0.2, 0.25) is 0 Å². The number of hydrogen-bond donors (Lipinski definition) is 1. The summed E-state index contributed by atoms with van der Waals surface area (Å²) in [6.07, 6.45) is 0. The van der Waals surface area contributed by atoms with Gasteiger partial charge in [0.1, 0.15) is 0 Å². The molecule has 0 aliphatic carbocycles. The van der Waals surface area contributed by atoms with E-state index in [0.29, 0.717) is 0 Å². The number of rotatable bonds is 4. The van der Waals surface area contributed by atoms with E-state index >= 15 is 0 Å². The summed E-state index contributed by atoms with van der Waals surface area (Å²) >= 11 is 0. The Morgan fingerprint density at radius 2 is 1.44 bits per heavy atom. The normalized spacial score (nSPS) is 14.2. The van der Waals surface area contributed by atoms with Crippen molar-refractivity contribution < 1.29 is 71.4 Å². The zero-order chi connectivity index (χ0) is 12.3. The number of carbonyl (C=O) groups excluding carboxylic acids is 2. The largest absolute Gasteiger partial charge is 1.00 e. The molecule has 0 spiro atoms. The molecule has 0 aliphatic rings. The van der Waals surface area contributed by atoms with Gasteiger partial charge in [-0.1, -0.05) is 0 Å². The van der Waals surface area contributed by atoms with Gasteiger partial charge in [0.25, 0.3) is 7.82 Å². The molecule has 0 amide bonds. The van der Waals surface area contributed by atoms with Gasteiger partial charge in [-0.25, -0.2) is 4.57 Å². The molecule has 0 radical (unpaired) electrons. The summed E-state index contributed by atoms with van der Waals surface area (Å²) in [7, 11) is -10.4. The van der Waals surface area contributed by atoms with Crippen molar-refractivity contribution >= 4 is 27.6 Å². The molecule has 16 heavy (non-hydrogen) atoms. The molecule has 88 valence electrons. The standard InChI is InChI=1S/C4H8O9P2.Na/c1-3(5)11-15(10,12-4(2)6)13-14(7,8)9;/h1-2H3,(H2,7,8,9);/q;+1/p-1. The van der Waals surface area contributed by atoms with E-state index in [0.717, 1.165) is 13.8 Å². The Morgan fingerprint density at radius 3 is 1.62 bits per heavy atom. The van der Waals surface area contributed by atoms with Gasteiger partial charge in [-0.3, -0.25) is 14.2 Å². The second kappa shape index (κ2) is 6.88. The summed E-state index contributed by atoms with van der Waals surface area (Å²) in [5.74, 6) is -2.43. The fourth-order valence-electron chi connectivity index (χ4n) is 0.493. The molecule has 0 heterocycles. The first-order valence-electron chi connectivity index (χ1n) is 3.29. The van der Waals surface area contributed by atoms with Crippen molar-refractivity contribution in [3.05, 3.63) is 0 Å². The Labute approximate surface area is 113 Å². The van der Waals surface area contributed by atoms with Crippen molar-refractivity contribution in [3.63, 3.8) is 0 Å². The molecule has 0 aromatic heterocycles. The van der Waals surface area contributed by atoms with E-state index in [1.165, 1.54) is 0 Å². The minimum absolute atomic E-state index is 0. The molecule has 0 rings (SSSR count). The first-order valence-corrected chi connectivity index (χ1v) is 6.25. The van der Waals surface area contributed by atoms with Gasteiger partial charge >= 0.3 is 49.3 Å². The second-order valence-corrected chi connectivity index (χ2v) is 5.01. The molecule has 0 fully saturated rings. The van der Waals surface area contributed by atoms with Crippen LogP contribution in [0.4, 0.5) is 0 Å². The van der Waals surface area contributed by atoms with Gasteiger partial charge in [-0.15, -0.1) is 0 Å². The summed E-state index contributed by atoms with van der Waals surface area (Å²) in [6.45, 7) is 1.54. The fraction of sp³-hybridized carbons (Fsp3) is 0.500. The van der Waals surface area contributed by atoms with E-state index in [9.17, 15) is 23.6 Å². The van der Waals surface area contributed by atoms with Crippen LogP contribution < -0.4 is 34.5 Å². The Balaban J connectivity index is 0. The summed E-state index contributed by atoms with van der Waals surface area (Å²) in [5.41, 5.74) is 0. The summed E-state index contributed by atoms with van der Waals surface area (Å²) in [6, 6.07) is 0. The first-order chi connectivity index (χ1) is 6.54. The zero-order valence-electron chi connectivity index (χ0n) is 8.61. The predicted octanol–water partition coefficient (Wildman–Crippen LogP) is -3.30. The maximum Gasteiger partial charge on any atom is 1.00 e. The average molecular weight is 284 g/mol. The Morgan fingerprint density at radius 1 is 1.12 bits per heavy atom. The van der Waals surface area contributed by atoms with Crippen LogP contribution in [-0.4, -0.2) is 16.8 Å². The van der Waals surface area contributed by atoms with E-state index in [-0.39, 0.29) is 29.6 Å². The van der Waals surface area contributed by atoms with Crippen LogP contribution in [-0.2, 0) is 32.1 Å². The van der Waals surface area contributed by atoms with Crippen LogP contribution in [0.1, 0.15) is 13.8 Å². The van der Waals surface area contributed by atoms with Gasteiger partial charge in [0.05, 0.1) is 0 Å². The number of hydrogen-bond acceptors (Lipinski definition) is 8. The van der Waals surface area contributed by atoms with Crippen molar-refractivity contribution in [3.8, 4) is 0 Å². The van der Waals surface area contributed by atoms with E-state index in [4.69, 9.17) is 4.89 Å². The van der Waals surface area contributed by atoms with Crippen LogP contribution in [0.3, 0.4) is 0 Å². The maximum atomic E-state index is 11.2. The third kappa shape index (κ3) is 9.50. The van der Waals surface area contributed by atoms with Gasteiger partial charge in [-0.2, -0.15) is 4.31 Å². The van der Waals surface area contributed by atoms with E-state index in [1.807, 2.05) is 0 Å². The van der Waals surface area contributed by atoms with Crippen molar-refractivity contribution in [2.24, 2.45) is 0 Å². The van der Waals surface area contributed by atoms with E-state index < -0.39 is 27.6 Å². The monoisotopic (exact) mass is 284 g/mol. The second-order valence-electron chi connectivity index (χ2n) is 2.16. The summed E-state index contributed by atoms with van der Waals surface area (Å²) < 4.78 is 32.6. The van der Waals surface area contributed by atoms with Crippen molar-refractivity contribution in [1.82, 2.24) is 0 Å². The third-order valence-corrected chi connectivity index (χ3v) is 3.27. The molecule has 0 aromatic rings. The predicted molar refractivity (Wildman–Crippen MR) is 42.0 cm³/mol. The van der Waals surface area contributed by atoms with Crippen LogP contribution in [0.25, 0.3) is 0 Å². The smallest absolute Gasteiger partial charge is 0.756 e. The molecule has 0 saturated carbocycles. The molecule has 0 saturated heterocycles. The van der Waals surface area contributed by atoms with Gasteiger partial charge in [0.15, 0.2) is 0 Å². The minimum Gasteiger partial charge on any atom is -0.756 e. The molecule has 0 aliphatic heterocycles. The Kier molecular flexibility index (Phi) is 8.02. The molecular weight excluding hydrogens is 277 g/mol. The molecule has 0 aromatic carbocycles. The van der Waals surface area contributed by atoms with E-state index in [1.54, 1.807) is 0 Å². The van der Waals surface area contributed by atoms with Crippen LogP contribution >= 0.6 is 15.6 Å². The maximum absolute atomic E-state index is 11.2. The van der Waals surface area contributed by atoms with Crippen molar-refractivity contribution in [2.45, 2.75) is 13.8 Å². The van der Waals surface area contributed by atoms with Gasteiger partial charge in [-0.05, 0) is 0 Å². The van der Waals surface area contributed by atoms with Crippen LogP contribution in [0.15, 0.2) is 0 Å². The molecule has 1 N–H and O–H groups in total.